The molecule has 0 aromatic carbocycles. The van der Waals surface area contributed by atoms with Crippen molar-refractivity contribution in [3.63, 3.8) is 0 Å². The fraction of sp³-hybridized carbons (Fsp3) is 0.867. The molecule has 4 atom stereocenters. The summed E-state index contributed by atoms with van der Waals surface area (Å²) in [5.41, 5.74) is 2.33. The summed E-state index contributed by atoms with van der Waals surface area (Å²) in [7, 11) is 0. The number of aliphatic hydroxyl groups excluding tert-OH is 1. The molecule has 3 rings (SSSR count). The van der Waals surface area contributed by atoms with Crippen LogP contribution in [0.5, 0.6) is 0 Å². The molecule has 2 saturated carbocycles. The van der Waals surface area contributed by atoms with E-state index in [9.17, 15) is 5.11 Å². The fourth-order valence-corrected chi connectivity index (χ4v) is 5.35. The van der Waals surface area contributed by atoms with Crippen LogP contribution in [0.4, 0.5) is 0 Å². The van der Waals surface area contributed by atoms with Crippen LogP contribution in [0, 0.1) is 28.6 Å². The van der Waals surface area contributed by atoms with Crippen molar-refractivity contribution in [1.82, 2.24) is 0 Å². The van der Waals surface area contributed by atoms with E-state index in [1.807, 2.05) is 0 Å². The third-order valence-electron chi connectivity index (χ3n) is 6.32. The minimum atomic E-state index is 0.283. The lowest BCUT2D eigenvalue weighted by molar-refractivity contribution is 0.128. The Morgan fingerprint density at radius 1 is 1.38 bits per heavy atom. The zero-order valence-corrected chi connectivity index (χ0v) is 10.8. The molecule has 16 heavy (non-hydrogen) atoms. The summed E-state index contributed by atoms with van der Waals surface area (Å²) in [4.78, 5) is 0. The third-order valence-corrected chi connectivity index (χ3v) is 6.32. The minimum Gasteiger partial charge on any atom is -0.392 e. The number of hydrogen-bond donors (Lipinski definition) is 1. The molecule has 0 heterocycles. The molecule has 0 radical (unpaired) electrons. The van der Waals surface area contributed by atoms with E-state index < -0.39 is 0 Å². The van der Waals surface area contributed by atoms with Gasteiger partial charge in [-0.05, 0) is 59.8 Å². The normalized spacial score (nSPS) is 49.0. The molecule has 1 nitrogen and oxygen atoms in total. The van der Waals surface area contributed by atoms with Crippen LogP contribution in [0.3, 0.4) is 0 Å². The van der Waals surface area contributed by atoms with Gasteiger partial charge in [0, 0.05) is 0 Å². The van der Waals surface area contributed by atoms with Crippen LogP contribution in [0.25, 0.3) is 0 Å². The Balaban J connectivity index is 2.07. The van der Waals surface area contributed by atoms with Gasteiger partial charge in [0.25, 0.3) is 0 Å². The molecule has 4 unspecified atom stereocenters. The van der Waals surface area contributed by atoms with Crippen molar-refractivity contribution in [2.75, 3.05) is 6.61 Å². The highest BCUT2D eigenvalue weighted by Gasteiger charge is 2.63. The Morgan fingerprint density at radius 2 is 2.12 bits per heavy atom. The lowest BCUT2D eigenvalue weighted by Gasteiger charge is -2.36. The summed E-state index contributed by atoms with van der Waals surface area (Å²) in [6, 6.07) is 0. The highest BCUT2D eigenvalue weighted by molar-refractivity contribution is 5.26. The zero-order valence-electron chi connectivity index (χ0n) is 10.8. The number of rotatable bonds is 1. The molecule has 3 aliphatic carbocycles. The van der Waals surface area contributed by atoms with Crippen molar-refractivity contribution >= 4 is 0 Å². The van der Waals surface area contributed by atoms with Gasteiger partial charge < -0.3 is 5.11 Å². The van der Waals surface area contributed by atoms with E-state index >= 15 is 0 Å². The first-order valence-electron chi connectivity index (χ1n) is 6.82. The second-order valence-corrected chi connectivity index (χ2v) is 6.98. The van der Waals surface area contributed by atoms with E-state index in [0.29, 0.717) is 16.7 Å². The van der Waals surface area contributed by atoms with Gasteiger partial charge >= 0.3 is 0 Å². The summed E-state index contributed by atoms with van der Waals surface area (Å²) in [5, 5.41) is 9.50. The molecule has 0 amide bonds. The van der Waals surface area contributed by atoms with Crippen molar-refractivity contribution in [3.8, 4) is 0 Å². The molecular formula is C15H24O. The van der Waals surface area contributed by atoms with Crippen molar-refractivity contribution < 1.29 is 5.11 Å². The van der Waals surface area contributed by atoms with Gasteiger partial charge in [-0.15, -0.1) is 0 Å². The first-order valence-corrected chi connectivity index (χ1v) is 6.82. The van der Waals surface area contributed by atoms with Crippen molar-refractivity contribution in [1.29, 1.82) is 0 Å². The maximum absolute atomic E-state index is 9.50. The van der Waals surface area contributed by atoms with Gasteiger partial charge in [-0.2, -0.15) is 0 Å². The van der Waals surface area contributed by atoms with Crippen molar-refractivity contribution in [2.24, 2.45) is 28.6 Å². The van der Waals surface area contributed by atoms with E-state index in [4.69, 9.17) is 0 Å². The predicted octanol–water partition coefficient (Wildman–Crippen LogP) is 3.39. The van der Waals surface area contributed by atoms with Crippen LogP contribution in [0.2, 0.25) is 0 Å². The van der Waals surface area contributed by atoms with Gasteiger partial charge in [0.2, 0.25) is 0 Å². The molecule has 1 N–H and O–H groups in total. The van der Waals surface area contributed by atoms with Gasteiger partial charge in [0.15, 0.2) is 0 Å². The number of fused-ring (bicyclic) bond motifs is 1. The summed E-state index contributed by atoms with van der Waals surface area (Å²) in [6.07, 6.45) is 7.78. The molecule has 2 bridgehead atoms. The summed E-state index contributed by atoms with van der Waals surface area (Å²) in [5.74, 6) is 2.43. The maximum atomic E-state index is 9.50. The highest BCUT2D eigenvalue weighted by atomic mass is 16.3. The highest BCUT2D eigenvalue weighted by Crippen LogP contribution is 2.71. The van der Waals surface area contributed by atoms with E-state index in [1.165, 1.54) is 31.3 Å². The van der Waals surface area contributed by atoms with Crippen LogP contribution in [0.1, 0.15) is 46.5 Å². The molecule has 0 aromatic heterocycles. The standard InChI is InChI=1S/C15H24O/c1-10-4-5-13-14(2,3)12-8-15(10,13)7-6-11(12)9-16/h6,10,12-13,16H,4-5,7-9H2,1-3H3. The molecule has 1 spiro atoms. The molecule has 0 aromatic rings. The largest absolute Gasteiger partial charge is 0.392 e. The summed E-state index contributed by atoms with van der Waals surface area (Å²) < 4.78 is 0. The van der Waals surface area contributed by atoms with Crippen LogP contribution in [-0.2, 0) is 0 Å². The van der Waals surface area contributed by atoms with Crippen LogP contribution in [-0.4, -0.2) is 11.7 Å². The Labute approximate surface area is 98.9 Å². The molecular weight excluding hydrogens is 196 g/mol. The quantitative estimate of drug-likeness (QED) is 0.672. The predicted molar refractivity (Wildman–Crippen MR) is 66.0 cm³/mol. The second-order valence-electron chi connectivity index (χ2n) is 6.98. The lowest BCUT2D eigenvalue weighted by Crippen LogP contribution is -2.30. The smallest absolute Gasteiger partial charge is 0.0644 e. The summed E-state index contributed by atoms with van der Waals surface area (Å²) >= 11 is 0. The van der Waals surface area contributed by atoms with Gasteiger partial charge in [-0.25, -0.2) is 0 Å². The van der Waals surface area contributed by atoms with Gasteiger partial charge in [0.05, 0.1) is 6.61 Å². The first-order chi connectivity index (χ1) is 7.52. The first kappa shape index (κ1) is 10.8. The zero-order chi connectivity index (χ0) is 11.6. The molecule has 0 aliphatic heterocycles. The Morgan fingerprint density at radius 3 is 2.81 bits per heavy atom. The van der Waals surface area contributed by atoms with E-state index in [1.54, 1.807) is 0 Å². The Bertz CT molecular complexity index is 341. The third kappa shape index (κ3) is 1.06. The topological polar surface area (TPSA) is 20.2 Å². The average Bonchev–Trinajstić information content (AvgIpc) is 2.65. The maximum Gasteiger partial charge on any atom is 0.0644 e. The van der Waals surface area contributed by atoms with Gasteiger partial charge in [-0.1, -0.05) is 26.8 Å². The summed E-state index contributed by atoms with van der Waals surface area (Å²) in [6.45, 7) is 7.62. The SMILES string of the molecule is CC1CCC2C(C)(C)C3CC12CC=C3CO. The molecule has 2 fully saturated rings. The molecule has 3 aliphatic rings. The van der Waals surface area contributed by atoms with Gasteiger partial charge in [0.1, 0.15) is 0 Å². The number of hydrogen-bond acceptors (Lipinski definition) is 1. The van der Waals surface area contributed by atoms with Crippen LogP contribution < -0.4 is 0 Å². The van der Waals surface area contributed by atoms with Crippen molar-refractivity contribution in [2.45, 2.75) is 46.5 Å². The average molecular weight is 220 g/mol. The molecule has 1 heteroatoms. The number of aliphatic hydroxyl groups is 1. The van der Waals surface area contributed by atoms with Gasteiger partial charge in [-0.3, -0.25) is 0 Å². The Hall–Kier alpha value is -0.300. The molecule has 90 valence electrons. The minimum absolute atomic E-state index is 0.283. The van der Waals surface area contributed by atoms with E-state index in [2.05, 4.69) is 26.8 Å². The van der Waals surface area contributed by atoms with Crippen LogP contribution >= 0.6 is 0 Å². The Kier molecular flexibility index (Phi) is 2.12. The lowest BCUT2D eigenvalue weighted by atomic mass is 9.68. The number of allylic oxidation sites excluding steroid dienone is 1. The van der Waals surface area contributed by atoms with E-state index in [-0.39, 0.29) is 6.61 Å². The van der Waals surface area contributed by atoms with Crippen LogP contribution in [0.15, 0.2) is 11.6 Å². The molecule has 0 saturated heterocycles. The second kappa shape index (κ2) is 3.13. The fourth-order valence-electron chi connectivity index (χ4n) is 5.35. The monoisotopic (exact) mass is 220 g/mol. The van der Waals surface area contributed by atoms with Crippen molar-refractivity contribution in [3.05, 3.63) is 11.6 Å². The van der Waals surface area contributed by atoms with E-state index in [0.717, 1.165) is 11.8 Å².